The molecule has 2 aliphatic heterocycles. The molecule has 6 nitrogen and oxygen atoms in total. The number of aliphatic hydroxyl groups is 1. The number of aromatic nitrogens is 1. The first-order valence-electron chi connectivity index (χ1n) is 11.8. The molecule has 1 aromatic carbocycles. The maximum absolute atomic E-state index is 9.74. The smallest absolute Gasteiger partial charge is 0.668 e. The summed E-state index contributed by atoms with van der Waals surface area (Å²) in [7, 11) is 3.50. The zero-order valence-corrected chi connectivity index (χ0v) is 25.8. The number of aliphatic hydroxyl groups excluding tert-OH is 1. The molecule has 5 rings (SSSR count). The van der Waals surface area contributed by atoms with E-state index in [-0.39, 0.29) is 43.8 Å². The quantitative estimate of drug-likeness (QED) is 0.341. The predicted octanol–water partition coefficient (Wildman–Crippen LogP) is 6.40. The van der Waals surface area contributed by atoms with Crippen LogP contribution in [0.5, 0.6) is 0 Å². The molecule has 2 fully saturated rings. The fraction of sp³-hybridized carbons (Fsp3) is 0.500. The Bertz CT molecular complexity index is 1040. The van der Waals surface area contributed by atoms with Crippen molar-refractivity contribution in [2.24, 2.45) is 0 Å². The van der Waals surface area contributed by atoms with E-state index in [1.807, 2.05) is 0 Å². The number of nitrogens with zero attached hydrogens (tertiary/aromatic N) is 4. The van der Waals surface area contributed by atoms with E-state index < -0.39 is 0 Å². The Kier molecular flexibility index (Phi) is 9.83. The van der Waals surface area contributed by atoms with Gasteiger partial charge in [0.1, 0.15) is 5.82 Å². The van der Waals surface area contributed by atoms with Crippen molar-refractivity contribution < 1.29 is 36.2 Å². The average molecular weight is 704 g/mol. The minimum Gasteiger partial charge on any atom is -0.668 e. The van der Waals surface area contributed by atoms with E-state index in [0.717, 1.165) is 47.8 Å². The molecule has 3 heterocycles. The van der Waals surface area contributed by atoms with Gasteiger partial charge in [0.25, 0.3) is 0 Å². The van der Waals surface area contributed by atoms with Gasteiger partial charge in [0.05, 0.1) is 24.0 Å². The standard InChI is InChI=1S/C24H29N4OS.C2H6N.U/c1-14(2)25-24-22-19(26-23(22)15-6-7-15)12-18(27-24)16-8-9-20(21(11-16)30-3)28-10-4-5-17(28)13-29;1-3-2;/h8-9,11-12,14,17,29H,4-7,10,13H2,1-3H3,(H,25,27);1-2H3;/q2*-1;+2. The number of benzene rings is 1. The summed E-state index contributed by atoms with van der Waals surface area (Å²) in [5.74, 6) is 0.955. The van der Waals surface area contributed by atoms with Crippen molar-refractivity contribution in [3.8, 4) is 11.3 Å². The normalized spacial score (nSPS) is 17.9. The first kappa shape index (κ1) is 27.4. The third-order valence-corrected chi connectivity index (χ3v) is 6.87. The Morgan fingerprint density at radius 3 is 2.62 bits per heavy atom. The Hall–Kier alpha value is -1.17. The van der Waals surface area contributed by atoms with Crippen molar-refractivity contribution in [1.82, 2.24) is 4.98 Å². The van der Waals surface area contributed by atoms with Crippen molar-refractivity contribution in [2.75, 3.05) is 43.7 Å². The van der Waals surface area contributed by atoms with Crippen LogP contribution in [0.15, 0.2) is 34.7 Å². The molecule has 0 amide bonds. The molecule has 1 saturated carbocycles. The topological polar surface area (TPSA) is 76.6 Å². The molecule has 0 radical (unpaired) electrons. The second kappa shape index (κ2) is 12.2. The summed E-state index contributed by atoms with van der Waals surface area (Å²) in [4.78, 5) is 8.61. The van der Waals surface area contributed by atoms with Gasteiger partial charge in [-0.05, 0) is 69.5 Å². The molecule has 8 heteroatoms. The molecule has 180 valence electrons. The minimum atomic E-state index is 0. The number of rotatable bonds is 6. The summed E-state index contributed by atoms with van der Waals surface area (Å²) in [6, 6.07) is 9.26. The Balaban J connectivity index is 0.000000771. The molecular weight excluding hydrogens is 668 g/mol. The maximum Gasteiger partial charge on any atom is 2.00 e. The van der Waals surface area contributed by atoms with Gasteiger partial charge >= 0.3 is 31.1 Å². The summed E-state index contributed by atoms with van der Waals surface area (Å²) in [5, 5.41) is 21.6. The Morgan fingerprint density at radius 2 is 2.00 bits per heavy atom. The maximum atomic E-state index is 9.74. The van der Waals surface area contributed by atoms with E-state index in [4.69, 9.17) is 10.3 Å². The number of thioether (sulfide) groups is 1. The zero-order chi connectivity index (χ0) is 23.5. The number of allylic oxidation sites excluding steroid dienone is 1. The molecule has 34 heavy (non-hydrogen) atoms. The largest absolute Gasteiger partial charge is 2.00 e. The van der Waals surface area contributed by atoms with Gasteiger partial charge in [-0.25, -0.2) is 4.98 Å². The van der Waals surface area contributed by atoms with Crippen LogP contribution >= 0.6 is 11.8 Å². The van der Waals surface area contributed by atoms with E-state index in [2.05, 4.69) is 59.9 Å². The third kappa shape index (κ3) is 5.79. The van der Waals surface area contributed by atoms with Crippen LogP contribution in [-0.2, 0) is 0 Å². The molecular formula is C26H35N5OSU. The van der Waals surface area contributed by atoms with E-state index in [9.17, 15) is 5.11 Å². The summed E-state index contributed by atoms with van der Waals surface area (Å²) in [6.07, 6.45) is 6.65. The van der Waals surface area contributed by atoms with Gasteiger partial charge in [-0.3, -0.25) is 0 Å². The third-order valence-electron chi connectivity index (χ3n) is 6.10. The van der Waals surface area contributed by atoms with Crippen LogP contribution in [0.4, 0.5) is 17.2 Å². The van der Waals surface area contributed by atoms with Gasteiger partial charge in [0.2, 0.25) is 0 Å². The van der Waals surface area contributed by atoms with Gasteiger partial charge in [-0.15, -0.1) is 23.1 Å². The average Bonchev–Trinajstić information content (AvgIpc) is 3.49. The van der Waals surface area contributed by atoms with E-state index >= 15 is 0 Å². The molecule has 1 aliphatic carbocycles. The molecule has 1 aromatic heterocycles. The molecule has 2 aromatic rings. The first-order valence-corrected chi connectivity index (χ1v) is 13.0. The fourth-order valence-corrected chi connectivity index (χ4v) is 5.11. The monoisotopic (exact) mass is 703 g/mol. The van der Waals surface area contributed by atoms with Crippen LogP contribution in [0.25, 0.3) is 27.6 Å². The Morgan fingerprint density at radius 1 is 1.26 bits per heavy atom. The van der Waals surface area contributed by atoms with Gasteiger partial charge < -0.3 is 26.0 Å². The molecule has 0 spiro atoms. The summed E-state index contributed by atoms with van der Waals surface area (Å²) < 4.78 is 0. The summed E-state index contributed by atoms with van der Waals surface area (Å²) in [5.41, 5.74) is 8.16. The number of anilines is 2. The number of hydrogen-bond acceptors (Lipinski definition) is 5. The van der Waals surface area contributed by atoms with Crippen LogP contribution in [0.2, 0.25) is 0 Å². The molecule has 0 bridgehead atoms. The van der Waals surface area contributed by atoms with Gasteiger partial charge in [0.15, 0.2) is 0 Å². The van der Waals surface area contributed by atoms with Gasteiger partial charge in [0, 0.05) is 23.0 Å². The predicted molar refractivity (Wildman–Crippen MR) is 142 cm³/mol. The molecule has 3 aliphatic rings. The first-order chi connectivity index (χ1) is 16.0. The van der Waals surface area contributed by atoms with Gasteiger partial charge in [-0.1, -0.05) is 11.6 Å². The fourth-order valence-electron chi connectivity index (χ4n) is 4.47. The molecule has 1 saturated heterocycles. The number of fused-ring (bicyclic) bond motifs is 1. The van der Waals surface area contributed by atoms with E-state index in [1.54, 1.807) is 25.9 Å². The van der Waals surface area contributed by atoms with Crippen LogP contribution < -0.4 is 10.2 Å². The van der Waals surface area contributed by atoms with Crippen molar-refractivity contribution in [1.29, 1.82) is 0 Å². The minimum absolute atomic E-state index is 0. The number of nitrogens with one attached hydrogen (secondary N) is 1. The summed E-state index contributed by atoms with van der Waals surface area (Å²) in [6.45, 7) is 5.52. The van der Waals surface area contributed by atoms with E-state index in [0.29, 0.717) is 6.04 Å². The number of hydrogen-bond donors (Lipinski definition) is 2. The van der Waals surface area contributed by atoms with Crippen molar-refractivity contribution in [2.45, 2.75) is 56.5 Å². The van der Waals surface area contributed by atoms with Crippen molar-refractivity contribution in [3.05, 3.63) is 46.0 Å². The van der Waals surface area contributed by atoms with Gasteiger partial charge in [-0.2, -0.15) is 14.1 Å². The van der Waals surface area contributed by atoms with Crippen LogP contribution in [-0.4, -0.2) is 55.7 Å². The van der Waals surface area contributed by atoms with Crippen molar-refractivity contribution in [3.63, 3.8) is 0 Å². The molecule has 2 N–H and O–H groups in total. The second-order valence-corrected chi connectivity index (χ2v) is 9.97. The second-order valence-electron chi connectivity index (χ2n) is 9.12. The molecule has 1 atom stereocenters. The SMILES string of the molecule is CSc1cc(-c2cc3c(c(NC(C)C)n2)C(=C2CC2)[N-]3)ccc1N1CCCC1CO.C[N-]C.[U+2]. The van der Waals surface area contributed by atoms with Crippen LogP contribution in [0, 0.1) is 31.1 Å². The van der Waals surface area contributed by atoms with E-state index in [1.165, 1.54) is 34.6 Å². The Labute approximate surface area is 232 Å². The van der Waals surface area contributed by atoms with Crippen molar-refractivity contribution >= 4 is 34.7 Å². The number of pyridine rings is 1. The molecule has 1 unspecified atom stereocenters. The van der Waals surface area contributed by atoms with Crippen LogP contribution in [0.3, 0.4) is 0 Å². The van der Waals surface area contributed by atoms with Crippen LogP contribution in [0.1, 0.15) is 45.1 Å². The zero-order valence-electron chi connectivity index (χ0n) is 20.9. The summed E-state index contributed by atoms with van der Waals surface area (Å²) >= 11 is 1.75.